The molecule has 1 aromatic carbocycles. The van der Waals surface area contributed by atoms with Gasteiger partial charge in [0.2, 0.25) is 0 Å². The summed E-state index contributed by atoms with van der Waals surface area (Å²) in [5.41, 5.74) is 2.24. The molecule has 2 N–H and O–H groups in total. The minimum Gasteiger partial charge on any atom is -0.480 e. The second-order valence-electron chi connectivity index (χ2n) is 3.18. The van der Waals surface area contributed by atoms with Gasteiger partial charge in [-0.25, -0.2) is 0 Å². The van der Waals surface area contributed by atoms with Crippen LogP contribution < -0.4 is 5.32 Å². The standard InChI is InChI=1S/C10H11NO2S/c12-10(13)9-5-11-8-4-2-1-3-7(8)6-14-9/h1-4,9,11H,5-6H2,(H,12,13). The Balaban J connectivity index is 2.18. The van der Waals surface area contributed by atoms with E-state index in [4.69, 9.17) is 5.11 Å². The van der Waals surface area contributed by atoms with E-state index in [9.17, 15) is 4.79 Å². The summed E-state index contributed by atoms with van der Waals surface area (Å²) in [6, 6.07) is 7.94. The number of benzene rings is 1. The summed E-state index contributed by atoms with van der Waals surface area (Å²) in [4.78, 5) is 10.8. The fraction of sp³-hybridized carbons (Fsp3) is 0.300. The van der Waals surface area contributed by atoms with E-state index in [2.05, 4.69) is 5.32 Å². The van der Waals surface area contributed by atoms with Crippen molar-refractivity contribution in [2.45, 2.75) is 11.0 Å². The zero-order valence-corrected chi connectivity index (χ0v) is 8.38. The zero-order chi connectivity index (χ0) is 9.97. The minimum atomic E-state index is -0.740. The quantitative estimate of drug-likeness (QED) is 0.740. The average Bonchev–Trinajstić information content (AvgIpc) is 2.39. The van der Waals surface area contributed by atoms with Crippen LogP contribution in [-0.2, 0) is 10.5 Å². The highest BCUT2D eigenvalue weighted by molar-refractivity contribution is 7.99. The first kappa shape index (κ1) is 9.40. The van der Waals surface area contributed by atoms with Gasteiger partial charge in [-0.05, 0) is 11.6 Å². The summed E-state index contributed by atoms with van der Waals surface area (Å²) in [5.74, 6) is 0.0236. The number of hydrogen-bond acceptors (Lipinski definition) is 3. The molecule has 0 aromatic heterocycles. The summed E-state index contributed by atoms with van der Waals surface area (Å²) in [6.07, 6.45) is 0. The van der Waals surface area contributed by atoms with E-state index in [1.54, 1.807) is 0 Å². The topological polar surface area (TPSA) is 49.3 Å². The summed E-state index contributed by atoms with van der Waals surface area (Å²) in [7, 11) is 0. The molecular formula is C10H11NO2S. The molecule has 1 unspecified atom stereocenters. The van der Waals surface area contributed by atoms with Gasteiger partial charge in [0.25, 0.3) is 0 Å². The number of fused-ring (bicyclic) bond motifs is 1. The Morgan fingerprint density at radius 1 is 1.50 bits per heavy atom. The van der Waals surface area contributed by atoms with Crippen molar-refractivity contribution in [3.05, 3.63) is 29.8 Å². The van der Waals surface area contributed by atoms with Gasteiger partial charge in [0, 0.05) is 18.0 Å². The van der Waals surface area contributed by atoms with Crippen LogP contribution in [0.1, 0.15) is 5.56 Å². The predicted octanol–water partition coefficient (Wildman–Crippen LogP) is 1.80. The number of carboxylic acids is 1. The second-order valence-corrected chi connectivity index (χ2v) is 4.37. The second kappa shape index (κ2) is 3.92. The first-order chi connectivity index (χ1) is 6.77. The van der Waals surface area contributed by atoms with Gasteiger partial charge in [-0.15, -0.1) is 11.8 Å². The lowest BCUT2D eigenvalue weighted by Crippen LogP contribution is -2.24. The Morgan fingerprint density at radius 3 is 3.07 bits per heavy atom. The van der Waals surface area contributed by atoms with Crippen molar-refractivity contribution in [3.63, 3.8) is 0 Å². The molecule has 0 fully saturated rings. The SMILES string of the molecule is O=C(O)C1CNc2ccccc2CS1. The number of thioether (sulfide) groups is 1. The molecular weight excluding hydrogens is 198 g/mol. The Bertz CT molecular complexity index is 327. The highest BCUT2D eigenvalue weighted by Gasteiger charge is 2.21. The number of rotatable bonds is 1. The summed E-state index contributed by atoms with van der Waals surface area (Å²) in [5, 5.41) is 11.7. The maximum Gasteiger partial charge on any atom is 0.318 e. The lowest BCUT2D eigenvalue weighted by Gasteiger charge is -2.07. The first-order valence-corrected chi connectivity index (χ1v) is 5.48. The normalized spacial score (nSPS) is 20.4. The Hall–Kier alpha value is -1.16. The van der Waals surface area contributed by atoms with Crippen molar-refractivity contribution < 1.29 is 9.90 Å². The van der Waals surface area contributed by atoms with Gasteiger partial charge in [-0.2, -0.15) is 0 Å². The van der Waals surface area contributed by atoms with Crippen LogP contribution in [0, 0.1) is 0 Å². The molecule has 0 saturated heterocycles. The maximum atomic E-state index is 10.8. The zero-order valence-electron chi connectivity index (χ0n) is 7.56. The molecule has 1 aliphatic heterocycles. The van der Waals surface area contributed by atoms with Gasteiger partial charge in [0.1, 0.15) is 5.25 Å². The number of nitrogens with one attached hydrogen (secondary N) is 1. The fourth-order valence-electron chi connectivity index (χ4n) is 1.43. The number of aliphatic carboxylic acids is 1. The van der Waals surface area contributed by atoms with Crippen LogP contribution in [0.25, 0.3) is 0 Å². The third-order valence-corrected chi connectivity index (χ3v) is 3.46. The van der Waals surface area contributed by atoms with Crippen molar-refractivity contribution in [3.8, 4) is 0 Å². The Labute approximate surface area is 86.5 Å². The molecule has 0 aliphatic carbocycles. The molecule has 3 nitrogen and oxygen atoms in total. The number of anilines is 1. The highest BCUT2D eigenvalue weighted by Crippen LogP contribution is 2.27. The molecule has 14 heavy (non-hydrogen) atoms. The van der Waals surface area contributed by atoms with E-state index in [0.717, 1.165) is 11.4 Å². The van der Waals surface area contributed by atoms with E-state index in [-0.39, 0.29) is 5.25 Å². The molecule has 0 spiro atoms. The van der Waals surface area contributed by atoms with Gasteiger partial charge < -0.3 is 10.4 Å². The van der Waals surface area contributed by atoms with Crippen molar-refractivity contribution in [2.75, 3.05) is 11.9 Å². The summed E-state index contributed by atoms with van der Waals surface area (Å²) in [6.45, 7) is 0.497. The van der Waals surface area contributed by atoms with Gasteiger partial charge in [-0.3, -0.25) is 4.79 Å². The molecule has 0 radical (unpaired) electrons. The van der Waals surface area contributed by atoms with Crippen LogP contribution in [-0.4, -0.2) is 22.9 Å². The van der Waals surface area contributed by atoms with E-state index < -0.39 is 5.97 Å². The third-order valence-electron chi connectivity index (χ3n) is 2.21. The lowest BCUT2D eigenvalue weighted by molar-refractivity contribution is -0.136. The van der Waals surface area contributed by atoms with Crippen molar-refractivity contribution >= 4 is 23.4 Å². The van der Waals surface area contributed by atoms with Gasteiger partial charge in [-0.1, -0.05) is 18.2 Å². The van der Waals surface area contributed by atoms with Crippen molar-refractivity contribution in [1.82, 2.24) is 0 Å². The van der Waals surface area contributed by atoms with Crippen molar-refractivity contribution in [2.24, 2.45) is 0 Å². The van der Waals surface area contributed by atoms with Gasteiger partial charge in [0.15, 0.2) is 0 Å². The van der Waals surface area contributed by atoms with Crippen LogP contribution in [0.2, 0.25) is 0 Å². The van der Waals surface area contributed by atoms with E-state index in [0.29, 0.717) is 6.54 Å². The fourth-order valence-corrected chi connectivity index (χ4v) is 2.41. The first-order valence-electron chi connectivity index (χ1n) is 4.43. The molecule has 1 aliphatic rings. The highest BCUT2D eigenvalue weighted by atomic mass is 32.2. The molecule has 0 saturated carbocycles. The van der Waals surface area contributed by atoms with Crippen LogP contribution in [0.15, 0.2) is 24.3 Å². The number of carbonyl (C=O) groups is 1. The van der Waals surface area contributed by atoms with Crippen molar-refractivity contribution in [1.29, 1.82) is 0 Å². The van der Waals surface area contributed by atoms with E-state index >= 15 is 0 Å². The Kier molecular flexibility index (Phi) is 2.63. The number of carboxylic acid groups (broad SMARTS) is 1. The van der Waals surface area contributed by atoms with Crippen LogP contribution >= 0.6 is 11.8 Å². The minimum absolute atomic E-state index is 0.345. The van der Waals surface area contributed by atoms with Crippen LogP contribution in [0.5, 0.6) is 0 Å². The molecule has 1 heterocycles. The molecule has 1 aromatic rings. The molecule has 0 amide bonds. The maximum absolute atomic E-state index is 10.8. The lowest BCUT2D eigenvalue weighted by atomic mass is 10.2. The van der Waals surface area contributed by atoms with Crippen LogP contribution in [0.3, 0.4) is 0 Å². The molecule has 0 bridgehead atoms. The third kappa shape index (κ3) is 1.85. The van der Waals surface area contributed by atoms with E-state index in [1.807, 2.05) is 24.3 Å². The number of hydrogen-bond donors (Lipinski definition) is 2. The number of para-hydroxylation sites is 1. The smallest absolute Gasteiger partial charge is 0.318 e. The van der Waals surface area contributed by atoms with Gasteiger partial charge >= 0.3 is 5.97 Å². The van der Waals surface area contributed by atoms with Crippen LogP contribution in [0.4, 0.5) is 5.69 Å². The molecule has 2 rings (SSSR count). The summed E-state index contributed by atoms with van der Waals surface area (Å²) >= 11 is 1.47. The summed E-state index contributed by atoms with van der Waals surface area (Å²) < 4.78 is 0. The van der Waals surface area contributed by atoms with Gasteiger partial charge in [0.05, 0.1) is 0 Å². The molecule has 4 heteroatoms. The molecule has 1 atom stereocenters. The monoisotopic (exact) mass is 209 g/mol. The largest absolute Gasteiger partial charge is 0.480 e. The Morgan fingerprint density at radius 2 is 2.29 bits per heavy atom. The van der Waals surface area contributed by atoms with E-state index in [1.165, 1.54) is 17.3 Å². The average molecular weight is 209 g/mol. The predicted molar refractivity (Wildman–Crippen MR) is 57.7 cm³/mol. The molecule has 74 valence electrons.